The zero-order valence-electron chi connectivity index (χ0n) is 12.1. The summed E-state index contributed by atoms with van der Waals surface area (Å²) in [5.74, 6) is -1.46. The Kier molecular flexibility index (Phi) is 7.15. The van der Waals surface area contributed by atoms with E-state index in [4.69, 9.17) is 0 Å². The van der Waals surface area contributed by atoms with Crippen LogP contribution in [0.25, 0.3) is 0 Å². The Morgan fingerprint density at radius 2 is 1.95 bits per heavy atom. The smallest absolute Gasteiger partial charge is 0.318 e. The van der Waals surface area contributed by atoms with Gasteiger partial charge in [-0.3, -0.25) is 9.59 Å². The van der Waals surface area contributed by atoms with Crippen LogP contribution in [-0.4, -0.2) is 30.8 Å². The number of esters is 1. The Bertz CT molecular complexity index is 436. The largest absolute Gasteiger partial charge is 0.468 e. The Balaban J connectivity index is 2.42. The van der Waals surface area contributed by atoms with Gasteiger partial charge in [0.1, 0.15) is 5.92 Å². The van der Waals surface area contributed by atoms with E-state index in [1.54, 1.807) is 18.7 Å². The van der Waals surface area contributed by atoms with Crippen molar-refractivity contribution < 1.29 is 14.3 Å². The molecule has 4 nitrogen and oxygen atoms in total. The van der Waals surface area contributed by atoms with Crippen LogP contribution in [0, 0.1) is 5.92 Å². The second-order valence-corrected chi connectivity index (χ2v) is 5.98. The summed E-state index contributed by atoms with van der Waals surface area (Å²) in [5.41, 5.74) is 0. The highest BCUT2D eigenvalue weighted by Gasteiger charge is 2.25. The maximum Gasteiger partial charge on any atom is 0.318 e. The molecule has 0 heterocycles. The molecule has 1 aromatic carbocycles. The molecule has 0 aliphatic rings. The number of amides is 1. The summed E-state index contributed by atoms with van der Waals surface area (Å²) in [6.07, 6.45) is 0.443. The fraction of sp³-hybridized carbons (Fsp3) is 0.467. The van der Waals surface area contributed by atoms with Gasteiger partial charge < -0.3 is 10.1 Å². The van der Waals surface area contributed by atoms with Crippen molar-refractivity contribution in [3.63, 3.8) is 0 Å². The van der Waals surface area contributed by atoms with Crippen LogP contribution < -0.4 is 5.32 Å². The molecule has 0 aromatic heterocycles. The number of benzene rings is 1. The number of ether oxygens (including phenoxy) is 1. The lowest BCUT2D eigenvalue weighted by Crippen LogP contribution is -2.38. The van der Waals surface area contributed by atoms with E-state index in [9.17, 15) is 9.59 Å². The van der Waals surface area contributed by atoms with Crippen molar-refractivity contribution in [2.24, 2.45) is 5.92 Å². The first-order valence-corrected chi connectivity index (χ1v) is 7.53. The summed E-state index contributed by atoms with van der Waals surface area (Å²) in [5, 5.41) is 3.04. The van der Waals surface area contributed by atoms with E-state index in [1.165, 1.54) is 7.11 Å². The summed E-state index contributed by atoms with van der Waals surface area (Å²) < 4.78 is 4.62. The van der Waals surface area contributed by atoms with Crippen molar-refractivity contribution in [1.29, 1.82) is 0 Å². The molecule has 1 rings (SSSR count). The normalized spacial score (nSPS) is 13.3. The Labute approximate surface area is 124 Å². The van der Waals surface area contributed by atoms with Crippen LogP contribution in [0.2, 0.25) is 0 Å². The highest BCUT2D eigenvalue weighted by molar-refractivity contribution is 8.00. The summed E-state index contributed by atoms with van der Waals surface area (Å²) in [6, 6.07) is 10.0. The topological polar surface area (TPSA) is 55.4 Å². The van der Waals surface area contributed by atoms with Gasteiger partial charge in [-0.1, -0.05) is 32.0 Å². The number of hydrogen-bond donors (Lipinski definition) is 1. The number of thioether (sulfide) groups is 1. The molecule has 1 N–H and O–H groups in total. The maximum absolute atomic E-state index is 11.9. The molecule has 2 atom stereocenters. The predicted octanol–water partition coefficient (Wildman–Crippen LogP) is 2.48. The lowest BCUT2D eigenvalue weighted by Gasteiger charge is -2.16. The van der Waals surface area contributed by atoms with E-state index in [2.05, 4.69) is 10.1 Å². The van der Waals surface area contributed by atoms with E-state index in [1.807, 2.05) is 37.3 Å². The first kappa shape index (κ1) is 16.6. The SMILES string of the molecule is CC[C@H](C(=O)NC[C@H](C)Sc1ccccc1)C(=O)OC. The monoisotopic (exact) mass is 295 g/mol. The predicted molar refractivity (Wildman–Crippen MR) is 80.6 cm³/mol. The molecular formula is C15H21NO3S. The third-order valence-electron chi connectivity index (χ3n) is 2.85. The summed E-state index contributed by atoms with van der Waals surface area (Å²) >= 11 is 1.69. The Hall–Kier alpha value is -1.49. The van der Waals surface area contributed by atoms with Crippen molar-refractivity contribution in [2.45, 2.75) is 30.4 Å². The number of carbonyl (C=O) groups excluding carboxylic acids is 2. The van der Waals surface area contributed by atoms with Gasteiger partial charge >= 0.3 is 5.97 Å². The number of carbonyl (C=O) groups is 2. The number of rotatable bonds is 7. The van der Waals surface area contributed by atoms with Gasteiger partial charge in [0.2, 0.25) is 5.91 Å². The third-order valence-corrected chi connectivity index (χ3v) is 3.97. The van der Waals surface area contributed by atoms with Gasteiger partial charge in [0, 0.05) is 16.7 Å². The van der Waals surface area contributed by atoms with Gasteiger partial charge in [-0.05, 0) is 18.6 Å². The van der Waals surface area contributed by atoms with Gasteiger partial charge in [-0.25, -0.2) is 0 Å². The molecule has 1 aromatic rings. The van der Waals surface area contributed by atoms with Gasteiger partial charge in [0.15, 0.2) is 0 Å². The molecule has 5 heteroatoms. The number of nitrogens with one attached hydrogen (secondary N) is 1. The van der Waals surface area contributed by atoms with E-state index in [0.29, 0.717) is 13.0 Å². The summed E-state index contributed by atoms with van der Waals surface area (Å²) in [7, 11) is 1.30. The third kappa shape index (κ3) is 5.25. The van der Waals surface area contributed by atoms with Crippen LogP contribution in [-0.2, 0) is 14.3 Å². The molecular weight excluding hydrogens is 274 g/mol. The number of hydrogen-bond acceptors (Lipinski definition) is 4. The highest BCUT2D eigenvalue weighted by atomic mass is 32.2. The first-order chi connectivity index (χ1) is 9.58. The van der Waals surface area contributed by atoms with E-state index in [0.717, 1.165) is 4.90 Å². The average Bonchev–Trinajstić information content (AvgIpc) is 2.46. The average molecular weight is 295 g/mol. The molecule has 1 amide bonds. The zero-order valence-corrected chi connectivity index (χ0v) is 12.9. The van der Waals surface area contributed by atoms with E-state index < -0.39 is 11.9 Å². The minimum atomic E-state index is -0.714. The highest BCUT2D eigenvalue weighted by Crippen LogP contribution is 2.22. The standard InChI is InChI=1S/C15H21NO3S/c1-4-13(15(18)19-3)14(17)16-10-11(2)20-12-8-6-5-7-9-12/h5-9,11,13H,4,10H2,1-3H3,(H,16,17)/t11-,13+/m0/s1. The maximum atomic E-state index is 11.9. The van der Waals surface area contributed by atoms with E-state index in [-0.39, 0.29) is 11.2 Å². The summed E-state index contributed by atoms with van der Waals surface area (Å²) in [6.45, 7) is 4.35. The molecule has 0 saturated heterocycles. The van der Waals surface area contributed by atoms with Gasteiger partial charge in [0.25, 0.3) is 0 Å². The van der Waals surface area contributed by atoms with Gasteiger partial charge in [-0.15, -0.1) is 11.8 Å². The molecule has 0 spiro atoms. The minimum Gasteiger partial charge on any atom is -0.468 e. The second-order valence-electron chi connectivity index (χ2n) is 4.47. The molecule has 20 heavy (non-hydrogen) atoms. The molecule has 110 valence electrons. The van der Waals surface area contributed by atoms with Crippen molar-refractivity contribution in [1.82, 2.24) is 5.32 Å². The summed E-state index contributed by atoms with van der Waals surface area (Å²) in [4.78, 5) is 24.5. The lowest BCUT2D eigenvalue weighted by atomic mass is 10.1. The van der Waals surface area contributed by atoms with Crippen molar-refractivity contribution >= 4 is 23.6 Å². The van der Waals surface area contributed by atoms with Crippen LogP contribution in [0.1, 0.15) is 20.3 Å². The zero-order chi connectivity index (χ0) is 15.0. The van der Waals surface area contributed by atoms with Crippen LogP contribution in [0.15, 0.2) is 35.2 Å². The lowest BCUT2D eigenvalue weighted by molar-refractivity contribution is -0.150. The quantitative estimate of drug-likeness (QED) is 0.477. The van der Waals surface area contributed by atoms with Crippen LogP contribution in [0.5, 0.6) is 0 Å². The minimum absolute atomic E-state index is 0.233. The van der Waals surface area contributed by atoms with Crippen LogP contribution in [0.4, 0.5) is 0 Å². The van der Waals surface area contributed by atoms with Gasteiger partial charge in [0.05, 0.1) is 7.11 Å². The first-order valence-electron chi connectivity index (χ1n) is 6.65. The Morgan fingerprint density at radius 3 is 2.50 bits per heavy atom. The molecule has 0 bridgehead atoms. The fourth-order valence-electron chi connectivity index (χ4n) is 1.74. The molecule has 0 aliphatic carbocycles. The van der Waals surface area contributed by atoms with Gasteiger partial charge in [-0.2, -0.15) is 0 Å². The number of methoxy groups -OCH3 is 1. The molecule has 0 fully saturated rings. The van der Waals surface area contributed by atoms with E-state index >= 15 is 0 Å². The van der Waals surface area contributed by atoms with Crippen LogP contribution >= 0.6 is 11.8 Å². The van der Waals surface area contributed by atoms with Crippen molar-refractivity contribution in [3.05, 3.63) is 30.3 Å². The van der Waals surface area contributed by atoms with Crippen molar-refractivity contribution in [3.8, 4) is 0 Å². The molecule has 0 unspecified atom stereocenters. The second kappa shape index (κ2) is 8.64. The van der Waals surface area contributed by atoms with Crippen LogP contribution in [0.3, 0.4) is 0 Å². The molecule has 0 radical (unpaired) electrons. The molecule has 0 saturated carbocycles. The Morgan fingerprint density at radius 1 is 1.30 bits per heavy atom. The van der Waals surface area contributed by atoms with Crippen molar-refractivity contribution in [2.75, 3.05) is 13.7 Å². The molecule has 0 aliphatic heterocycles. The fourth-order valence-corrected chi connectivity index (χ4v) is 2.69.